The second-order valence-electron chi connectivity index (χ2n) is 7.45. The van der Waals surface area contributed by atoms with Crippen molar-refractivity contribution in [2.45, 2.75) is 50.4 Å². The Kier molecular flexibility index (Phi) is 5.29. The number of benzene rings is 1. The second-order valence-corrected chi connectivity index (χ2v) is 7.45. The lowest BCUT2D eigenvalue weighted by atomic mass is 9.97. The molecule has 1 aromatic carbocycles. The maximum absolute atomic E-state index is 13.2. The molecule has 0 radical (unpaired) electrons. The molecule has 4 atom stereocenters. The summed E-state index contributed by atoms with van der Waals surface area (Å²) >= 11 is 0. The van der Waals surface area contributed by atoms with Crippen LogP contribution in [0.15, 0.2) is 24.3 Å². The first-order valence-corrected chi connectivity index (χ1v) is 9.00. The van der Waals surface area contributed by atoms with E-state index in [1.807, 2.05) is 14.0 Å². The molecule has 6 heteroatoms. The Hall–Kier alpha value is -1.66. The molecule has 3 rings (SSSR count). The van der Waals surface area contributed by atoms with E-state index in [0.717, 1.165) is 25.8 Å². The standard InChI is InChI=1S/C19H27FN2O3/c1-19(9-4-10-22(19)2)18(24)21-12-13-7-8-16(17(13)23)25-15-6-3-5-14(20)11-15/h3,5-6,11,13,16-17,23H,4,7-10,12H2,1-2H3,(H,21,24)/t13-,16-,17-,19?/m1/s1. The van der Waals surface area contributed by atoms with Crippen molar-refractivity contribution in [3.63, 3.8) is 0 Å². The zero-order valence-electron chi connectivity index (χ0n) is 14.9. The van der Waals surface area contributed by atoms with Crippen molar-refractivity contribution < 1.29 is 19.0 Å². The Morgan fingerprint density at radius 1 is 1.48 bits per heavy atom. The molecular weight excluding hydrogens is 323 g/mol. The highest BCUT2D eigenvalue weighted by Gasteiger charge is 2.42. The highest BCUT2D eigenvalue weighted by atomic mass is 19.1. The molecule has 1 aliphatic carbocycles. The summed E-state index contributed by atoms with van der Waals surface area (Å²) in [6.07, 6.45) is 2.30. The number of nitrogens with zero attached hydrogens (tertiary/aromatic N) is 1. The number of ether oxygens (including phenoxy) is 1. The van der Waals surface area contributed by atoms with Crippen molar-refractivity contribution in [1.29, 1.82) is 0 Å². The third-order valence-corrected chi connectivity index (χ3v) is 5.78. The van der Waals surface area contributed by atoms with Crippen molar-refractivity contribution in [3.8, 4) is 5.75 Å². The Morgan fingerprint density at radius 3 is 2.96 bits per heavy atom. The normalized spacial score (nSPS) is 32.7. The molecular formula is C19H27FN2O3. The van der Waals surface area contributed by atoms with E-state index in [2.05, 4.69) is 10.2 Å². The summed E-state index contributed by atoms with van der Waals surface area (Å²) < 4.78 is 19.0. The van der Waals surface area contributed by atoms with Crippen molar-refractivity contribution in [3.05, 3.63) is 30.1 Å². The van der Waals surface area contributed by atoms with Gasteiger partial charge < -0.3 is 15.2 Å². The average molecular weight is 350 g/mol. The van der Waals surface area contributed by atoms with Crippen LogP contribution in [0.25, 0.3) is 0 Å². The van der Waals surface area contributed by atoms with E-state index in [9.17, 15) is 14.3 Å². The van der Waals surface area contributed by atoms with Gasteiger partial charge in [0, 0.05) is 18.5 Å². The molecule has 0 aromatic heterocycles. The Labute approximate surface area is 148 Å². The maximum Gasteiger partial charge on any atom is 0.240 e. The van der Waals surface area contributed by atoms with Crippen LogP contribution >= 0.6 is 0 Å². The van der Waals surface area contributed by atoms with Gasteiger partial charge in [-0.3, -0.25) is 9.69 Å². The third-order valence-electron chi connectivity index (χ3n) is 5.78. The molecule has 0 spiro atoms. The minimum absolute atomic E-state index is 0.0224. The molecule has 1 amide bonds. The number of amides is 1. The third kappa shape index (κ3) is 3.80. The minimum Gasteiger partial charge on any atom is -0.488 e. The molecule has 25 heavy (non-hydrogen) atoms. The minimum atomic E-state index is -0.669. The van der Waals surface area contributed by atoms with Crippen LogP contribution in [0.5, 0.6) is 5.75 Å². The van der Waals surface area contributed by atoms with Crippen molar-refractivity contribution in [2.75, 3.05) is 20.1 Å². The Bertz CT molecular complexity index is 626. The van der Waals surface area contributed by atoms with E-state index in [0.29, 0.717) is 18.7 Å². The lowest BCUT2D eigenvalue weighted by Gasteiger charge is -2.31. The lowest BCUT2D eigenvalue weighted by molar-refractivity contribution is -0.130. The van der Waals surface area contributed by atoms with E-state index in [1.54, 1.807) is 12.1 Å². The molecule has 1 saturated carbocycles. The zero-order chi connectivity index (χ0) is 18.0. The topological polar surface area (TPSA) is 61.8 Å². The molecule has 2 fully saturated rings. The number of carbonyl (C=O) groups excluding carboxylic acids is 1. The quantitative estimate of drug-likeness (QED) is 0.852. The molecule has 5 nitrogen and oxygen atoms in total. The summed E-state index contributed by atoms with van der Waals surface area (Å²) in [6.45, 7) is 3.34. The number of carbonyl (C=O) groups is 1. The van der Waals surface area contributed by atoms with Gasteiger partial charge in [-0.2, -0.15) is 0 Å². The number of hydrogen-bond acceptors (Lipinski definition) is 4. The number of nitrogens with one attached hydrogen (secondary N) is 1. The van der Waals surface area contributed by atoms with Crippen LogP contribution in [0.4, 0.5) is 4.39 Å². The van der Waals surface area contributed by atoms with Crippen LogP contribution in [-0.4, -0.2) is 53.8 Å². The summed E-state index contributed by atoms with van der Waals surface area (Å²) in [6, 6.07) is 5.94. The summed E-state index contributed by atoms with van der Waals surface area (Å²) in [7, 11) is 1.97. The van der Waals surface area contributed by atoms with Crippen molar-refractivity contribution in [1.82, 2.24) is 10.2 Å². The van der Waals surface area contributed by atoms with Gasteiger partial charge in [-0.1, -0.05) is 6.07 Å². The number of aliphatic hydroxyl groups excluding tert-OH is 1. The van der Waals surface area contributed by atoms with Crippen molar-refractivity contribution in [2.24, 2.45) is 5.92 Å². The summed E-state index contributed by atoms with van der Waals surface area (Å²) in [4.78, 5) is 14.6. The van der Waals surface area contributed by atoms with Gasteiger partial charge in [-0.15, -0.1) is 0 Å². The first kappa shape index (κ1) is 18.1. The summed E-state index contributed by atoms with van der Waals surface area (Å²) in [5.41, 5.74) is -0.457. The van der Waals surface area contributed by atoms with E-state index in [1.165, 1.54) is 12.1 Å². The first-order chi connectivity index (χ1) is 11.9. The molecule has 1 aromatic rings. The maximum atomic E-state index is 13.2. The SMILES string of the molecule is CN1CCCC1(C)C(=O)NC[C@H]1CC[C@@H](Oc2cccc(F)c2)[C@@H]1O. The van der Waals surface area contributed by atoms with Gasteiger partial charge >= 0.3 is 0 Å². The molecule has 2 aliphatic rings. The number of rotatable bonds is 5. The smallest absolute Gasteiger partial charge is 0.240 e. The molecule has 0 bridgehead atoms. The van der Waals surface area contributed by atoms with E-state index < -0.39 is 11.6 Å². The molecule has 1 aliphatic heterocycles. The highest BCUT2D eigenvalue weighted by molar-refractivity contribution is 5.86. The van der Waals surface area contributed by atoms with Gasteiger partial charge in [0.1, 0.15) is 17.7 Å². The number of likely N-dealkylation sites (tertiary alicyclic amines) is 1. The van der Waals surface area contributed by atoms with E-state index in [4.69, 9.17) is 4.74 Å². The van der Waals surface area contributed by atoms with Gasteiger partial charge in [0.25, 0.3) is 0 Å². The number of aliphatic hydroxyl groups is 1. The lowest BCUT2D eigenvalue weighted by Crippen LogP contribution is -2.53. The Balaban J connectivity index is 1.52. The number of likely N-dealkylation sites (N-methyl/N-ethyl adjacent to an activating group) is 1. The van der Waals surface area contributed by atoms with Crippen molar-refractivity contribution >= 4 is 5.91 Å². The second kappa shape index (κ2) is 7.30. The van der Waals surface area contributed by atoms with Crippen LogP contribution in [0.3, 0.4) is 0 Å². The van der Waals surface area contributed by atoms with Gasteiger partial charge in [0.2, 0.25) is 5.91 Å². The van der Waals surface area contributed by atoms with Gasteiger partial charge in [0.15, 0.2) is 0 Å². The fourth-order valence-electron chi connectivity index (χ4n) is 3.89. The number of halogens is 1. The van der Waals surface area contributed by atoms with Gasteiger partial charge in [-0.05, 0) is 58.3 Å². The van der Waals surface area contributed by atoms with Gasteiger partial charge in [-0.25, -0.2) is 4.39 Å². The van der Waals surface area contributed by atoms with Crippen LogP contribution in [0.2, 0.25) is 0 Å². The predicted molar refractivity (Wildman–Crippen MR) is 92.8 cm³/mol. The number of hydrogen-bond donors (Lipinski definition) is 2. The summed E-state index contributed by atoms with van der Waals surface area (Å²) in [5, 5.41) is 13.5. The monoisotopic (exact) mass is 350 g/mol. The fraction of sp³-hybridized carbons (Fsp3) is 0.632. The highest BCUT2D eigenvalue weighted by Crippen LogP contribution is 2.31. The first-order valence-electron chi connectivity index (χ1n) is 9.00. The zero-order valence-corrected chi connectivity index (χ0v) is 14.9. The van der Waals surface area contributed by atoms with Crippen LogP contribution in [0, 0.1) is 11.7 Å². The molecule has 138 valence electrons. The van der Waals surface area contributed by atoms with E-state index >= 15 is 0 Å². The van der Waals surface area contributed by atoms with Crippen LogP contribution < -0.4 is 10.1 Å². The molecule has 2 N–H and O–H groups in total. The average Bonchev–Trinajstić information content (AvgIpc) is 3.10. The van der Waals surface area contributed by atoms with Crippen LogP contribution in [0.1, 0.15) is 32.6 Å². The van der Waals surface area contributed by atoms with Crippen LogP contribution in [-0.2, 0) is 4.79 Å². The molecule has 1 saturated heterocycles. The fourth-order valence-corrected chi connectivity index (χ4v) is 3.89. The van der Waals surface area contributed by atoms with Gasteiger partial charge in [0.05, 0.1) is 11.6 Å². The molecule has 1 heterocycles. The van der Waals surface area contributed by atoms with E-state index in [-0.39, 0.29) is 23.7 Å². The predicted octanol–water partition coefficient (Wildman–Crippen LogP) is 1.94. The largest absolute Gasteiger partial charge is 0.488 e. The Morgan fingerprint density at radius 2 is 2.28 bits per heavy atom. The summed E-state index contributed by atoms with van der Waals surface area (Å²) in [5.74, 6) is 0.0450. The molecule has 1 unspecified atom stereocenters.